The van der Waals surface area contributed by atoms with Crippen molar-refractivity contribution in [2.75, 3.05) is 25.1 Å². The van der Waals surface area contributed by atoms with Crippen molar-refractivity contribution in [2.24, 2.45) is 5.92 Å². The van der Waals surface area contributed by atoms with Crippen LogP contribution in [0.1, 0.15) is 13.8 Å². The van der Waals surface area contributed by atoms with Gasteiger partial charge in [0.05, 0.1) is 22.9 Å². The Morgan fingerprint density at radius 2 is 1.95 bits per heavy atom. The molecular weight excluding hydrogens is 320 g/mol. The van der Waals surface area contributed by atoms with E-state index in [4.69, 9.17) is 4.74 Å². The summed E-state index contributed by atoms with van der Waals surface area (Å²) in [5.41, 5.74) is 0.135. The van der Waals surface area contributed by atoms with Gasteiger partial charge in [-0.05, 0) is 27.9 Å². The van der Waals surface area contributed by atoms with Gasteiger partial charge in [-0.1, -0.05) is 13.8 Å². The van der Waals surface area contributed by atoms with Crippen LogP contribution >= 0.6 is 15.9 Å². The first-order valence-corrected chi connectivity index (χ1v) is 6.83. The molecule has 3 nitrogen and oxygen atoms in total. The highest BCUT2D eigenvalue weighted by Gasteiger charge is 2.10. The third-order valence-electron chi connectivity index (χ3n) is 2.30. The molecule has 1 aromatic carbocycles. The van der Waals surface area contributed by atoms with E-state index in [1.54, 1.807) is 0 Å². The van der Waals surface area contributed by atoms with Gasteiger partial charge in [0.1, 0.15) is 11.6 Å². The highest BCUT2D eigenvalue weighted by Crippen LogP contribution is 2.23. The maximum Gasteiger partial charge on any atom is 0.149 e. The molecule has 0 saturated heterocycles. The maximum atomic E-state index is 13.4. The van der Waals surface area contributed by atoms with Crippen molar-refractivity contribution < 1.29 is 18.6 Å². The Balaban J connectivity index is 2.42. The van der Waals surface area contributed by atoms with Crippen molar-refractivity contribution in [3.8, 4) is 0 Å². The molecule has 0 radical (unpaired) electrons. The monoisotopic (exact) mass is 337 g/mol. The van der Waals surface area contributed by atoms with E-state index in [-0.39, 0.29) is 23.3 Å². The molecule has 6 heteroatoms. The molecule has 0 aromatic heterocycles. The van der Waals surface area contributed by atoms with Crippen LogP contribution in [0, 0.1) is 17.6 Å². The van der Waals surface area contributed by atoms with Crippen molar-refractivity contribution in [3.05, 3.63) is 28.2 Å². The molecule has 0 fully saturated rings. The molecule has 1 atom stereocenters. The minimum absolute atomic E-state index is 0.132. The van der Waals surface area contributed by atoms with Gasteiger partial charge in [-0.15, -0.1) is 0 Å². The summed E-state index contributed by atoms with van der Waals surface area (Å²) in [6, 6.07) is 2.08. The normalized spacial score (nSPS) is 12.8. The Morgan fingerprint density at radius 3 is 2.58 bits per heavy atom. The Hall–Kier alpha value is -0.720. The third-order valence-corrected chi connectivity index (χ3v) is 2.91. The number of hydrogen-bond donors (Lipinski definition) is 2. The van der Waals surface area contributed by atoms with Crippen LogP contribution < -0.4 is 5.32 Å². The quantitative estimate of drug-likeness (QED) is 0.751. The lowest BCUT2D eigenvalue weighted by Gasteiger charge is -2.15. The number of nitrogens with one attached hydrogen (secondary N) is 1. The molecule has 1 aromatic rings. The maximum absolute atomic E-state index is 13.4. The van der Waals surface area contributed by atoms with Gasteiger partial charge in [-0.2, -0.15) is 0 Å². The van der Waals surface area contributed by atoms with Crippen LogP contribution in [-0.2, 0) is 4.74 Å². The fraction of sp³-hybridized carbons (Fsp3) is 0.538. The van der Waals surface area contributed by atoms with Gasteiger partial charge in [0.15, 0.2) is 0 Å². The smallest absolute Gasteiger partial charge is 0.149 e. The lowest BCUT2D eigenvalue weighted by atomic mass is 10.2. The van der Waals surface area contributed by atoms with Gasteiger partial charge >= 0.3 is 0 Å². The molecule has 0 heterocycles. The van der Waals surface area contributed by atoms with E-state index in [1.807, 2.05) is 13.8 Å². The van der Waals surface area contributed by atoms with E-state index in [2.05, 4.69) is 21.2 Å². The minimum Gasteiger partial charge on any atom is -0.389 e. The number of benzene rings is 1. The second-order valence-corrected chi connectivity index (χ2v) is 5.57. The van der Waals surface area contributed by atoms with E-state index in [1.165, 1.54) is 6.07 Å². The van der Waals surface area contributed by atoms with Crippen LogP contribution in [0.5, 0.6) is 0 Å². The number of ether oxygens (including phenoxy) is 1. The van der Waals surface area contributed by atoms with Crippen molar-refractivity contribution in [1.82, 2.24) is 0 Å². The van der Waals surface area contributed by atoms with Crippen molar-refractivity contribution >= 4 is 21.6 Å². The second-order valence-electron chi connectivity index (χ2n) is 4.71. The Labute approximate surface area is 120 Å². The minimum atomic E-state index is -0.748. The first-order valence-electron chi connectivity index (χ1n) is 6.04. The Kier molecular flexibility index (Phi) is 6.68. The van der Waals surface area contributed by atoms with Gasteiger partial charge in [0.2, 0.25) is 0 Å². The fourth-order valence-corrected chi connectivity index (χ4v) is 1.73. The summed E-state index contributed by atoms with van der Waals surface area (Å²) in [4.78, 5) is 0. The fourth-order valence-electron chi connectivity index (χ4n) is 1.38. The topological polar surface area (TPSA) is 41.5 Å². The third kappa shape index (κ3) is 5.84. The average Bonchev–Trinajstić information content (AvgIpc) is 2.31. The van der Waals surface area contributed by atoms with E-state index < -0.39 is 17.7 Å². The number of halogens is 3. The molecular formula is C13H18BrF2NO2. The molecule has 1 rings (SSSR count). The molecule has 0 aliphatic rings. The highest BCUT2D eigenvalue weighted by atomic mass is 79.9. The van der Waals surface area contributed by atoms with Crippen LogP contribution in [0.2, 0.25) is 0 Å². The summed E-state index contributed by atoms with van der Waals surface area (Å²) in [7, 11) is 0. The van der Waals surface area contributed by atoms with Gasteiger partial charge in [0.25, 0.3) is 0 Å². The molecule has 1 unspecified atom stereocenters. The summed E-state index contributed by atoms with van der Waals surface area (Å²) in [5, 5.41) is 12.4. The van der Waals surface area contributed by atoms with Crippen LogP contribution in [0.25, 0.3) is 0 Å². The van der Waals surface area contributed by atoms with Crippen LogP contribution in [0.15, 0.2) is 16.6 Å². The van der Waals surface area contributed by atoms with E-state index >= 15 is 0 Å². The summed E-state index contributed by atoms with van der Waals surface area (Å²) in [5.74, 6) is -0.967. The van der Waals surface area contributed by atoms with E-state index in [9.17, 15) is 13.9 Å². The largest absolute Gasteiger partial charge is 0.389 e. The van der Waals surface area contributed by atoms with Crippen LogP contribution in [0.4, 0.5) is 14.5 Å². The summed E-state index contributed by atoms with van der Waals surface area (Å²) >= 11 is 2.98. The van der Waals surface area contributed by atoms with Gasteiger partial charge in [0, 0.05) is 19.2 Å². The molecule has 0 spiro atoms. The zero-order valence-corrected chi connectivity index (χ0v) is 12.5. The first kappa shape index (κ1) is 16.3. The van der Waals surface area contributed by atoms with Crippen molar-refractivity contribution in [1.29, 1.82) is 0 Å². The molecule has 0 saturated carbocycles. The van der Waals surface area contributed by atoms with Crippen molar-refractivity contribution in [2.45, 2.75) is 20.0 Å². The SMILES string of the molecule is CC(C)COCC(O)CNc1cc(Br)c(F)cc1F. The lowest BCUT2D eigenvalue weighted by Crippen LogP contribution is -2.26. The van der Waals surface area contributed by atoms with E-state index in [0.717, 1.165) is 6.07 Å². The van der Waals surface area contributed by atoms with Gasteiger partial charge in [-0.25, -0.2) is 8.78 Å². The molecule has 19 heavy (non-hydrogen) atoms. The van der Waals surface area contributed by atoms with Gasteiger partial charge < -0.3 is 15.2 Å². The summed E-state index contributed by atoms with van der Waals surface area (Å²) in [6.45, 7) is 4.89. The number of hydrogen-bond acceptors (Lipinski definition) is 3. The summed E-state index contributed by atoms with van der Waals surface area (Å²) < 4.78 is 31.9. The number of aliphatic hydroxyl groups is 1. The Bertz CT molecular complexity index is 416. The molecule has 0 amide bonds. The molecule has 2 N–H and O–H groups in total. The second kappa shape index (κ2) is 7.77. The predicted molar refractivity (Wildman–Crippen MR) is 74.2 cm³/mol. The summed E-state index contributed by atoms with van der Waals surface area (Å²) in [6.07, 6.45) is -0.748. The molecule has 108 valence electrons. The van der Waals surface area contributed by atoms with Crippen LogP contribution in [0.3, 0.4) is 0 Å². The zero-order valence-electron chi connectivity index (χ0n) is 10.9. The van der Waals surface area contributed by atoms with E-state index in [0.29, 0.717) is 12.5 Å². The van der Waals surface area contributed by atoms with Crippen LogP contribution in [-0.4, -0.2) is 31.0 Å². The average molecular weight is 338 g/mol. The number of aliphatic hydroxyl groups excluding tert-OH is 1. The molecule has 0 aliphatic heterocycles. The first-order chi connectivity index (χ1) is 8.90. The molecule has 0 aliphatic carbocycles. The number of anilines is 1. The van der Waals surface area contributed by atoms with Crippen molar-refractivity contribution in [3.63, 3.8) is 0 Å². The molecule has 0 bridgehead atoms. The zero-order chi connectivity index (χ0) is 14.4. The number of rotatable bonds is 7. The lowest BCUT2D eigenvalue weighted by molar-refractivity contribution is 0.0317. The highest BCUT2D eigenvalue weighted by molar-refractivity contribution is 9.10. The standard InChI is InChI=1S/C13H18BrF2NO2/c1-8(2)6-19-7-9(18)5-17-13-3-10(14)11(15)4-12(13)16/h3-4,8-9,17-18H,5-7H2,1-2H3. The van der Waals surface area contributed by atoms with Gasteiger partial charge in [-0.3, -0.25) is 0 Å². The predicted octanol–water partition coefficient (Wildman–Crippen LogP) is 3.17. The Morgan fingerprint density at radius 1 is 1.26 bits per heavy atom.